The molecule has 0 bridgehead atoms. The van der Waals surface area contributed by atoms with Gasteiger partial charge in [-0.05, 0) is 68.0 Å². The van der Waals surface area contributed by atoms with Crippen molar-refractivity contribution in [1.29, 1.82) is 0 Å². The number of fused-ring (bicyclic) bond motifs is 1. The third-order valence-corrected chi connectivity index (χ3v) is 12.1. The summed E-state index contributed by atoms with van der Waals surface area (Å²) in [5.41, 5.74) is -5.03. The number of ether oxygens (including phenoxy) is 7. The van der Waals surface area contributed by atoms with Crippen LogP contribution in [0.4, 0.5) is 0 Å². The summed E-state index contributed by atoms with van der Waals surface area (Å²) in [4.78, 5) is 30.0. The second-order valence-electron chi connectivity index (χ2n) is 16.8. The van der Waals surface area contributed by atoms with Crippen LogP contribution in [0.25, 0.3) is 0 Å². The van der Waals surface area contributed by atoms with Crippen molar-refractivity contribution in [2.75, 3.05) is 27.8 Å². The highest BCUT2D eigenvalue weighted by atomic mass is 16.9. The van der Waals surface area contributed by atoms with Crippen molar-refractivity contribution in [3.63, 3.8) is 0 Å². The fourth-order valence-electron chi connectivity index (χ4n) is 8.87. The number of cyclic esters (lactones) is 1. The van der Waals surface area contributed by atoms with Gasteiger partial charge in [0, 0.05) is 30.9 Å². The highest BCUT2D eigenvalue weighted by molar-refractivity contribution is 5.83. The molecule has 18 atom stereocenters. The number of aliphatic hydroxyl groups is 5. The second-order valence-corrected chi connectivity index (χ2v) is 16.8. The lowest BCUT2D eigenvalue weighted by Gasteiger charge is -2.55. The van der Waals surface area contributed by atoms with E-state index in [4.69, 9.17) is 33.2 Å². The Kier molecular flexibility index (Phi) is 13.4. The number of aliphatic hydroxyl groups excluding tert-OH is 3. The lowest BCUT2D eigenvalue weighted by atomic mass is 9.73. The largest absolute Gasteiger partial charge is 0.459 e. The number of Topliss-reactive ketones (excluding diaryl/α,β-unsaturated/α-hetero) is 1. The van der Waals surface area contributed by atoms with Gasteiger partial charge in [0.05, 0.1) is 49.1 Å². The van der Waals surface area contributed by atoms with E-state index in [1.165, 1.54) is 27.9 Å². The predicted molar refractivity (Wildman–Crippen MR) is 185 cm³/mol. The number of nitrogens with zero attached hydrogens (tertiary/aromatic N) is 1. The molecular weight excluding hydrogens is 682 g/mol. The van der Waals surface area contributed by atoms with Crippen molar-refractivity contribution in [3.05, 3.63) is 0 Å². The molecule has 302 valence electrons. The molecule has 4 aliphatic heterocycles. The Labute approximate surface area is 308 Å². The smallest absolute Gasteiger partial charge is 0.314 e. The molecule has 0 aromatic rings. The van der Waals surface area contributed by atoms with E-state index >= 15 is 0 Å². The molecule has 15 heteroatoms. The fraction of sp³-hybridized carbons (Fsp3) is 0.946. The van der Waals surface area contributed by atoms with Crippen LogP contribution in [0, 0.1) is 23.7 Å². The molecule has 0 aliphatic carbocycles. The third kappa shape index (κ3) is 8.41. The molecule has 0 aromatic carbocycles. The van der Waals surface area contributed by atoms with Crippen molar-refractivity contribution in [3.8, 4) is 0 Å². The first-order chi connectivity index (χ1) is 23.9. The van der Waals surface area contributed by atoms with Crippen molar-refractivity contribution in [2.45, 2.75) is 172 Å². The van der Waals surface area contributed by atoms with Crippen LogP contribution in [0.3, 0.4) is 0 Å². The normalized spacial score (nSPS) is 51.5. The predicted octanol–water partition coefficient (Wildman–Crippen LogP) is 1.12. The molecule has 0 amide bonds. The number of rotatable bonds is 5. The standard InChI is InChI=1S/C37H65NO14/c1-13-25-36(9,45)29(41)20(4)26(39)18(2)15-34(7,44)31(50-33-27(40)24(38(10)11)14-19(3)48-33)21(5)28-23(32(43)49-25)16-47-37(52-28)17-35(8,46-12)30(42)22(6)51-37/h18-25,27-31,33,40-42,44-45H,13-17H2,1-12H3/t18-,19-,20+,21+,22+,23-,24+,25-,27-,28+,29-,30+,31-,33-,34-,35-,36-,37-/m1/s1. The van der Waals surface area contributed by atoms with Crippen LogP contribution in [-0.4, -0.2) is 154 Å². The number of carbonyl (C=O) groups excluding carboxylic acids is 2. The van der Waals surface area contributed by atoms with E-state index in [0.29, 0.717) is 6.42 Å². The van der Waals surface area contributed by atoms with Crippen LogP contribution in [0.1, 0.15) is 88.0 Å². The van der Waals surface area contributed by atoms with Gasteiger partial charge < -0.3 is 63.6 Å². The molecule has 1 spiro atoms. The number of hydrogen-bond acceptors (Lipinski definition) is 15. The Balaban J connectivity index is 1.86. The lowest BCUT2D eigenvalue weighted by molar-refractivity contribution is -0.474. The lowest BCUT2D eigenvalue weighted by Crippen LogP contribution is -2.67. The number of methoxy groups -OCH3 is 1. The summed E-state index contributed by atoms with van der Waals surface area (Å²) in [6.45, 7) is 14.3. The zero-order valence-corrected chi connectivity index (χ0v) is 33.0. The van der Waals surface area contributed by atoms with Crippen LogP contribution in [0.5, 0.6) is 0 Å². The van der Waals surface area contributed by atoms with Gasteiger partial charge in [0.25, 0.3) is 5.97 Å². The van der Waals surface area contributed by atoms with Crippen molar-refractivity contribution in [1.82, 2.24) is 4.90 Å². The number of ketones is 1. The Morgan fingerprint density at radius 1 is 0.962 bits per heavy atom. The molecule has 15 nitrogen and oxygen atoms in total. The van der Waals surface area contributed by atoms with Crippen LogP contribution in [-0.2, 0) is 42.7 Å². The Bertz CT molecular complexity index is 1250. The first kappa shape index (κ1) is 43.4. The zero-order valence-electron chi connectivity index (χ0n) is 33.0. The van der Waals surface area contributed by atoms with Gasteiger partial charge in [-0.15, -0.1) is 0 Å². The summed E-state index contributed by atoms with van der Waals surface area (Å²) in [6, 6.07) is -0.338. The van der Waals surface area contributed by atoms with Gasteiger partial charge >= 0.3 is 5.97 Å². The maximum absolute atomic E-state index is 14.2. The SMILES string of the molecule is CC[C@H]1OC(=O)[C@@H]2CO[C@@]3(C[C@@](C)(OC)[C@@H](O)[C@H](C)O3)O[C@H]2[C@H](C)[C@@H](O[C@H]2O[C@H](C)C[C@H](N(C)C)[C@H]2O)[C@](C)(O)C[C@@H](C)C(=O)[C@H](C)[C@@H](O)[C@]1(C)O. The van der Waals surface area contributed by atoms with Gasteiger partial charge in [-0.25, -0.2) is 0 Å². The van der Waals surface area contributed by atoms with E-state index in [2.05, 4.69) is 0 Å². The van der Waals surface area contributed by atoms with Gasteiger partial charge in [0.2, 0.25) is 0 Å². The maximum Gasteiger partial charge on any atom is 0.314 e. The summed E-state index contributed by atoms with van der Waals surface area (Å²) in [5.74, 6) is -7.05. The molecule has 4 rings (SSSR count). The minimum absolute atomic E-state index is 0.0939. The quantitative estimate of drug-likeness (QED) is 0.250. The topological polar surface area (TPSA) is 203 Å². The summed E-state index contributed by atoms with van der Waals surface area (Å²) in [5, 5.41) is 57.9. The summed E-state index contributed by atoms with van der Waals surface area (Å²) < 4.78 is 43.5. The Morgan fingerprint density at radius 2 is 1.60 bits per heavy atom. The minimum atomic E-state index is -2.03. The van der Waals surface area contributed by atoms with E-state index in [1.807, 2.05) is 25.9 Å². The highest BCUT2D eigenvalue weighted by Gasteiger charge is 2.61. The molecule has 0 radical (unpaired) electrons. The van der Waals surface area contributed by atoms with Crippen molar-refractivity contribution < 1.29 is 68.3 Å². The third-order valence-electron chi connectivity index (χ3n) is 12.1. The van der Waals surface area contributed by atoms with Crippen molar-refractivity contribution in [2.24, 2.45) is 23.7 Å². The van der Waals surface area contributed by atoms with Gasteiger partial charge in [-0.3, -0.25) is 9.59 Å². The Morgan fingerprint density at radius 3 is 2.17 bits per heavy atom. The molecule has 52 heavy (non-hydrogen) atoms. The first-order valence-electron chi connectivity index (χ1n) is 18.7. The molecule has 4 heterocycles. The van der Waals surface area contributed by atoms with Crippen LogP contribution >= 0.6 is 0 Å². The fourth-order valence-corrected chi connectivity index (χ4v) is 8.87. The number of likely N-dealkylation sites (N-methyl/N-ethyl adjacent to an activating group) is 1. The average Bonchev–Trinajstić information content (AvgIpc) is 3.07. The molecule has 0 saturated carbocycles. The molecule has 4 saturated heterocycles. The molecule has 4 fully saturated rings. The second kappa shape index (κ2) is 16.0. The first-order valence-corrected chi connectivity index (χ1v) is 18.7. The molecule has 0 unspecified atom stereocenters. The maximum atomic E-state index is 14.2. The average molecular weight is 748 g/mol. The van der Waals surface area contributed by atoms with E-state index in [-0.39, 0.29) is 38.0 Å². The van der Waals surface area contributed by atoms with E-state index in [9.17, 15) is 35.1 Å². The van der Waals surface area contributed by atoms with Gasteiger partial charge in [-0.2, -0.15) is 0 Å². The van der Waals surface area contributed by atoms with E-state index in [1.54, 1.807) is 34.6 Å². The molecular formula is C37H65NO14. The van der Waals surface area contributed by atoms with Crippen LogP contribution in [0.2, 0.25) is 0 Å². The van der Waals surface area contributed by atoms with Gasteiger partial charge in [-0.1, -0.05) is 27.7 Å². The monoisotopic (exact) mass is 747 g/mol. The summed E-state index contributed by atoms with van der Waals surface area (Å²) in [7, 11) is 5.14. The number of esters is 1. The minimum Gasteiger partial charge on any atom is -0.459 e. The van der Waals surface area contributed by atoms with Gasteiger partial charge in [0.15, 0.2) is 6.29 Å². The van der Waals surface area contributed by atoms with E-state index < -0.39 is 107 Å². The van der Waals surface area contributed by atoms with Crippen LogP contribution in [0.15, 0.2) is 0 Å². The molecule has 4 aliphatic rings. The number of carbonyl (C=O) groups is 2. The molecule has 5 N–H and O–H groups in total. The molecule has 0 aromatic heterocycles. The Hall–Kier alpha value is -1.34. The summed E-state index contributed by atoms with van der Waals surface area (Å²) in [6.07, 6.45) is -9.39. The zero-order chi connectivity index (χ0) is 39.3. The van der Waals surface area contributed by atoms with Crippen LogP contribution < -0.4 is 0 Å². The van der Waals surface area contributed by atoms with E-state index in [0.717, 1.165) is 0 Å². The van der Waals surface area contributed by atoms with Crippen molar-refractivity contribution >= 4 is 11.8 Å². The number of hydrogen-bond donors (Lipinski definition) is 5. The summed E-state index contributed by atoms with van der Waals surface area (Å²) >= 11 is 0. The highest BCUT2D eigenvalue weighted by Crippen LogP contribution is 2.47. The van der Waals surface area contributed by atoms with Gasteiger partial charge in [0.1, 0.15) is 41.2 Å².